The molecule has 1 heterocycles. The average molecular weight is 249 g/mol. The van der Waals surface area contributed by atoms with Gasteiger partial charge < -0.3 is 10.1 Å². The van der Waals surface area contributed by atoms with Crippen LogP contribution >= 0.6 is 0 Å². The summed E-state index contributed by atoms with van der Waals surface area (Å²) in [5, 5.41) is 3.41. The van der Waals surface area contributed by atoms with Gasteiger partial charge in [0.05, 0.1) is 6.10 Å². The molecule has 1 aromatic heterocycles. The summed E-state index contributed by atoms with van der Waals surface area (Å²) in [6.45, 7) is 13.0. The molecule has 1 aromatic rings. The molecule has 1 aliphatic carbocycles. The number of aromatic nitrogens is 2. The van der Waals surface area contributed by atoms with Crippen molar-refractivity contribution in [2.45, 2.75) is 53.7 Å². The van der Waals surface area contributed by atoms with Gasteiger partial charge >= 0.3 is 0 Å². The Labute approximate surface area is 109 Å². The molecule has 1 N–H and O–H groups in total. The molecule has 0 radical (unpaired) electrons. The van der Waals surface area contributed by atoms with E-state index in [-0.39, 0.29) is 16.9 Å². The van der Waals surface area contributed by atoms with E-state index in [1.165, 1.54) is 0 Å². The van der Waals surface area contributed by atoms with Crippen molar-refractivity contribution in [2.24, 2.45) is 10.8 Å². The first-order valence-electron chi connectivity index (χ1n) is 6.51. The van der Waals surface area contributed by atoms with E-state index in [4.69, 9.17) is 4.74 Å². The molecule has 4 heteroatoms. The molecule has 0 spiro atoms. The summed E-state index contributed by atoms with van der Waals surface area (Å²) in [5.41, 5.74) is 0.538. The molecule has 1 saturated carbocycles. The van der Waals surface area contributed by atoms with E-state index in [9.17, 15) is 0 Å². The van der Waals surface area contributed by atoms with Crippen LogP contribution in [0.1, 0.15) is 41.5 Å². The van der Waals surface area contributed by atoms with E-state index in [2.05, 4.69) is 43.0 Å². The second-order valence-electron chi connectivity index (χ2n) is 6.41. The maximum atomic E-state index is 5.57. The number of nitrogens with zero attached hydrogens (tertiary/aromatic N) is 2. The van der Waals surface area contributed by atoms with Gasteiger partial charge in [-0.05, 0) is 24.7 Å². The van der Waals surface area contributed by atoms with Gasteiger partial charge in [0.1, 0.15) is 0 Å². The van der Waals surface area contributed by atoms with Crippen LogP contribution < -0.4 is 10.1 Å². The highest BCUT2D eigenvalue weighted by atomic mass is 16.5. The minimum absolute atomic E-state index is 0.126. The second kappa shape index (κ2) is 4.11. The zero-order valence-corrected chi connectivity index (χ0v) is 12.1. The fourth-order valence-corrected chi connectivity index (χ4v) is 2.41. The maximum absolute atomic E-state index is 5.57. The molecule has 18 heavy (non-hydrogen) atoms. The van der Waals surface area contributed by atoms with Crippen molar-refractivity contribution in [3.63, 3.8) is 0 Å². The monoisotopic (exact) mass is 249 g/mol. The molecule has 0 bridgehead atoms. The lowest BCUT2D eigenvalue weighted by molar-refractivity contribution is 0.232. The van der Waals surface area contributed by atoms with Crippen LogP contribution in [-0.4, -0.2) is 22.1 Å². The number of hydrogen-bond acceptors (Lipinski definition) is 4. The van der Waals surface area contributed by atoms with E-state index in [1.54, 1.807) is 12.3 Å². The van der Waals surface area contributed by atoms with Crippen molar-refractivity contribution in [1.82, 2.24) is 9.97 Å². The van der Waals surface area contributed by atoms with Crippen molar-refractivity contribution < 1.29 is 4.74 Å². The molecule has 1 fully saturated rings. The summed E-state index contributed by atoms with van der Waals surface area (Å²) in [7, 11) is 0. The van der Waals surface area contributed by atoms with Gasteiger partial charge in [0.25, 0.3) is 0 Å². The minimum atomic E-state index is 0.126. The molecule has 0 atom stereocenters. The van der Waals surface area contributed by atoms with Crippen molar-refractivity contribution >= 4 is 5.95 Å². The van der Waals surface area contributed by atoms with Crippen LogP contribution in [-0.2, 0) is 0 Å². The second-order valence-corrected chi connectivity index (χ2v) is 6.41. The number of anilines is 1. The van der Waals surface area contributed by atoms with Gasteiger partial charge in [0.2, 0.25) is 11.8 Å². The average Bonchev–Trinajstić information content (AvgIpc) is 2.60. The van der Waals surface area contributed by atoms with Crippen LogP contribution in [0.3, 0.4) is 0 Å². The quantitative estimate of drug-likeness (QED) is 0.890. The highest BCUT2D eigenvalue weighted by Crippen LogP contribution is 2.63. The fourth-order valence-electron chi connectivity index (χ4n) is 2.41. The van der Waals surface area contributed by atoms with Crippen LogP contribution in [0.15, 0.2) is 12.3 Å². The number of hydrogen-bond donors (Lipinski definition) is 1. The molecule has 0 amide bonds. The van der Waals surface area contributed by atoms with Gasteiger partial charge in [-0.2, -0.15) is 4.98 Å². The highest BCUT2D eigenvalue weighted by molar-refractivity contribution is 5.37. The minimum Gasteiger partial charge on any atom is -0.475 e. The molecule has 0 unspecified atom stereocenters. The summed E-state index contributed by atoms with van der Waals surface area (Å²) in [6, 6.07) is 2.19. The van der Waals surface area contributed by atoms with E-state index in [1.807, 2.05) is 13.8 Å². The third-order valence-electron chi connectivity index (χ3n) is 4.28. The van der Waals surface area contributed by atoms with E-state index < -0.39 is 0 Å². The first-order valence-corrected chi connectivity index (χ1v) is 6.51. The van der Waals surface area contributed by atoms with Gasteiger partial charge in [-0.15, -0.1) is 0 Å². The van der Waals surface area contributed by atoms with E-state index in [0.717, 1.165) is 0 Å². The standard InChI is InChI=1S/C14H23N3O/c1-9(2)18-10-7-8-15-12(16-10)17-11-13(3,4)14(11,5)6/h7-9,11H,1-6H3,(H,15,16,17). The molecule has 0 aromatic carbocycles. The maximum Gasteiger partial charge on any atom is 0.226 e. The van der Waals surface area contributed by atoms with Crippen molar-refractivity contribution in [3.05, 3.63) is 12.3 Å². The Morgan fingerprint density at radius 1 is 1.22 bits per heavy atom. The predicted molar refractivity (Wildman–Crippen MR) is 72.8 cm³/mol. The van der Waals surface area contributed by atoms with Gasteiger partial charge in [-0.3, -0.25) is 0 Å². The van der Waals surface area contributed by atoms with Crippen LogP contribution in [0.25, 0.3) is 0 Å². The predicted octanol–water partition coefficient (Wildman–Crippen LogP) is 3.11. The summed E-state index contributed by atoms with van der Waals surface area (Å²) in [6.07, 6.45) is 1.86. The van der Waals surface area contributed by atoms with Crippen LogP contribution in [0, 0.1) is 10.8 Å². The third kappa shape index (κ3) is 2.16. The number of rotatable bonds is 4. The molecule has 0 saturated heterocycles. The SMILES string of the molecule is CC(C)Oc1ccnc(NC2C(C)(C)C2(C)C)n1. The lowest BCUT2D eigenvalue weighted by atomic mass is 10.0. The molecule has 2 rings (SSSR count). The molecular formula is C14H23N3O. The normalized spacial score (nSPS) is 20.8. The molecule has 0 aliphatic heterocycles. The van der Waals surface area contributed by atoms with Gasteiger partial charge in [-0.25, -0.2) is 4.98 Å². The van der Waals surface area contributed by atoms with Gasteiger partial charge in [-0.1, -0.05) is 27.7 Å². The summed E-state index contributed by atoms with van der Waals surface area (Å²) < 4.78 is 5.57. The van der Waals surface area contributed by atoms with Crippen molar-refractivity contribution in [2.75, 3.05) is 5.32 Å². The Morgan fingerprint density at radius 2 is 1.83 bits per heavy atom. The fraction of sp³-hybridized carbons (Fsp3) is 0.714. The molecule has 1 aliphatic rings. The Kier molecular flexibility index (Phi) is 2.99. The summed E-state index contributed by atoms with van der Waals surface area (Å²) >= 11 is 0. The smallest absolute Gasteiger partial charge is 0.226 e. The molecule has 100 valence electrons. The van der Waals surface area contributed by atoms with Crippen LogP contribution in [0.5, 0.6) is 5.88 Å². The zero-order chi connectivity index (χ0) is 13.6. The van der Waals surface area contributed by atoms with Gasteiger partial charge in [0, 0.05) is 18.3 Å². The summed E-state index contributed by atoms with van der Waals surface area (Å²) in [4.78, 5) is 8.64. The summed E-state index contributed by atoms with van der Waals surface area (Å²) in [5.74, 6) is 1.27. The molecule has 4 nitrogen and oxygen atoms in total. The largest absolute Gasteiger partial charge is 0.475 e. The lowest BCUT2D eigenvalue weighted by Gasteiger charge is -2.10. The highest BCUT2D eigenvalue weighted by Gasteiger charge is 2.65. The first-order chi connectivity index (χ1) is 8.25. The Hall–Kier alpha value is -1.32. The third-order valence-corrected chi connectivity index (χ3v) is 4.28. The number of nitrogens with one attached hydrogen (secondary N) is 1. The number of ether oxygens (including phenoxy) is 1. The van der Waals surface area contributed by atoms with Crippen LogP contribution in [0.2, 0.25) is 0 Å². The Balaban J connectivity index is 2.07. The Morgan fingerprint density at radius 3 is 2.33 bits per heavy atom. The molecular weight excluding hydrogens is 226 g/mol. The van der Waals surface area contributed by atoms with Crippen molar-refractivity contribution in [1.29, 1.82) is 0 Å². The van der Waals surface area contributed by atoms with Crippen molar-refractivity contribution in [3.8, 4) is 5.88 Å². The van der Waals surface area contributed by atoms with Crippen LogP contribution in [0.4, 0.5) is 5.95 Å². The van der Waals surface area contributed by atoms with Gasteiger partial charge in [0.15, 0.2) is 0 Å². The first kappa shape index (κ1) is 13.1. The lowest BCUT2D eigenvalue weighted by Crippen LogP contribution is -2.14. The van der Waals surface area contributed by atoms with E-state index >= 15 is 0 Å². The zero-order valence-electron chi connectivity index (χ0n) is 12.1. The Bertz CT molecular complexity index is 426. The topological polar surface area (TPSA) is 47.0 Å². The van der Waals surface area contributed by atoms with E-state index in [0.29, 0.717) is 17.9 Å².